The van der Waals surface area contributed by atoms with E-state index < -0.39 is 21.7 Å². The highest BCUT2D eigenvalue weighted by atomic mass is 32.2. The van der Waals surface area contributed by atoms with Gasteiger partial charge in [-0.15, -0.1) is 0 Å². The summed E-state index contributed by atoms with van der Waals surface area (Å²) in [6, 6.07) is 8.42. The molecule has 0 saturated heterocycles. The van der Waals surface area contributed by atoms with Crippen LogP contribution in [0.5, 0.6) is 5.75 Å². The Morgan fingerprint density at radius 1 is 1.26 bits per heavy atom. The molecular weight excluding hydrogens is 323 g/mol. The molecule has 1 heterocycles. The predicted molar refractivity (Wildman–Crippen MR) is 81.6 cm³/mol. The van der Waals surface area contributed by atoms with Gasteiger partial charge in [0.05, 0.1) is 11.4 Å². The fourth-order valence-electron chi connectivity index (χ4n) is 1.76. The highest BCUT2D eigenvalue weighted by Gasteiger charge is 2.07. The largest absolute Gasteiger partial charge is 0.492 e. The molecule has 1 amide bonds. The Hall–Kier alpha value is -2.48. The molecule has 1 aromatic carbocycles. The Morgan fingerprint density at radius 2 is 1.96 bits per heavy atom. The van der Waals surface area contributed by atoms with Crippen LogP contribution in [0.1, 0.15) is 10.4 Å². The molecule has 0 atom stereocenters. The molecule has 0 radical (unpaired) electrons. The van der Waals surface area contributed by atoms with Gasteiger partial charge in [0.15, 0.2) is 9.84 Å². The van der Waals surface area contributed by atoms with Gasteiger partial charge in [0, 0.05) is 24.1 Å². The number of carbonyl (C=O) groups excluding carboxylic acids is 1. The minimum Gasteiger partial charge on any atom is -0.492 e. The maximum absolute atomic E-state index is 12.9. The highest BCUT2D eigenvalue weighted by molar-refractivity contribution is 7.90. The first-order valence-electron chi connectivity index (χ1n) is 6.69. The number of carbonyl (C=O) groups is 1. The standard InChI is InChI=1S/C15H15FN2O4S/c1-23(20,21)13-4-2-12(3-5-13)22-9-8-18-15(19)11-6-7-17-14(16)10-11/h2-7,10H,8-9H2,1H3,(H,18,19). The molecule has 0 bridgehead atoms. The van der Waals surface area contributed by atoms with E-state index >= 15 is 0 Å². The summed E-state index contributed by atoms with van der Waals surface area (Å²) in [5, 5.41) is 2.58. The van der Waals surface area contributed by atoms with E-state index in [2.05, 4.69) is 10.3 Å². The van der Waals surface area contributed by atoms with Crippen LogP contribution in [0.25, 0.3) is 0 Å². The molecule has 0 aliphatic heterocycles. The highest BCUT2D eigenvalue weighted by Crippen LogP contribution is 2.15. The molecular formula is C15H15FN2O4S. The average molecular weight is 338 g/mol. The van der Waals surface area contributed by atoms with Crippen LogP contribution in [0.15, 0.2) is 47.5 Å². The zero-order valence-electron chi connectivity index (χ0n) is 12.3. The van der Waals surface area contributed by atoms with Crippen molar-refractivity contribution in [3.05, 3.63) is 54.1 Å². The fraction of sp³-hybridized carbons (Fsp3) is 0.200. The van der Waals surface area contributed by atoms with Crippen molar-refractivity contribution < 1.29 is 22.3 Å². The number of hydrogen-bond donors (Lipinski definition) is 1. The molecule has 2 aromatic rings. The molecule has 1 N–H and O–H groups in total. The summed E-state index contributed by atoms with van der Waals surface area (Å²) in [6.45, 7) is 0.411. The van der Waals surface area contributed by atoms with Crippen molar-refractivity contribution in [1.29, 1.82) is 0 Å². The maximum Gasteiger partial charge on any atom is 0.251 e. The lowest BCUT2D eigenvalue weighted by atomic mass is 10.2. The van der Waals surface area contributed by atoms with Crippen LogP contribution < -0.4 is 10.1 Å². The van der Waals surface area contributed by atoms with Crippen molar-refractivity contribution in [2.24, 2.45) is 0 Å². The van der Waals surface area contributed by atoms with Crippen molar-refractivity contribution in [1.82, 2.24) is 10.3 Å². The molecule has 0 fully saturated rings. The third-order valence-electron chi connectivity index (χ3n) is 2.90. The number of nitrogens with zero attached hydrogens (tertiary/aromatic N) is 1. The van der Waals surface area contributed by atoms with Crippen molar-refractivity contribution in [3.8, 4) is 5.75 Å². The van der Waals surface area contributed by atoms with Gasteiger partial charge in [-0.1, -0.05) is 0 Å². The first-order chi connectivity index (χ1) is 10.9. The summed E-state index contributed by atoms with van der Waals surface area (Å²) < 4.78 is 40.9. The normalized spacial score (nSPS) is 11.0. The summed E-state index contributed by atoms with van der Waals surface area (Å²) in [5.74, 6) is -0.663. The van der Waals surface area contributed by atoms with E-state index in [-0.39, 0.29) is 23.6 Å². The molecule has 6 nitrogen and oxygen atoms in total. The quantitative estimate of drug-likeness (QED) is 0.636. The summed E-state index contributed by atoms with van der Waals surface area (Å²) in [5.41, 5.74) is 0.176. The van der Waals surface area contributed by atoms with Crippen molar-refractivity contribution >= 4 is 15.7 Å². The zero-order chi connectivity index (χ0) is 16.9. The molecule has 122 valence electrons. The lowest BCUT2D eigenvalue weighted by Gasteiger charge is -2.08. The molecule has 0 unspecified atom stereocenters. The van der Waals surface area contributed by atoms with Gasteiger partial charge in [-0.25, -0.2) is 13.4 Å². The van der Waals surface area contributed by atoms with E-state index in [1.54, 1.807) is 0 Å². The van der Waals surface area contributed by atoms with Gasteiger partial charge in [0.25, 0.3) is 5.91 Å². The van der Waals surface area contributed by atoms with E-state index in [1.807, 2.05) is 0 Å². The Kier molecular flexibility index (Phi) is 5.28. The number of rotatable bonds is 6. The smallest absolute Gasteiger partial charge is 0.251 e. The SMILES string of the molecule is CS(=O)(=O)c1ccc(OCCNC(=O)c2ccnc(F)c2)cc1. The van der Waals surface area contributed by atoms with Gasteiger partial charge in [-0.05, 0) is 30.3 Å². The summed E-state index contributed by atoms with van der Waals surface area (Å²) >= 11 is 0. The van der Waals surface area contributed by atoms with Crippen molar-refractivity contribution in [2.75, 3.05) is 19.4 Å². The summed E-state index contributed by atoms with van der Waals surface area (Å²) in [4.78, 5) is 15.3. The summed E-state index contributed by atoms with van der Waals surface area (Å²) in [6.07, 6.45) is 2.34. The number of ether oxygens (including phenoxy) is 1. The van der Waals surface area contributed by atoms with Gasteiger partial charge < -0.3 is 10.1 Å². The fourth-order valence-corrected chi connectivity index (χ4v) is 2.39. The van der Waals surface area contributed by atoms with Crippen molar-refractivity contribution in [2.45, 2.75) is 4.90 Å². The molecule has 2 rings (SSSR count). The van der Waals surface area contributed by atoms with Crippen LogP contribution in [0.3, 0.4) is 0 Å². The molecule has 8 heteroatoms. The van der Waals surface area contributed by atoms with Gasteiger partial charge >= 0.3 is 0 Å². The molecule has 0 aliphatic carbocycles. The second-order valence-corrected chi connectivity index (χ2v) is 6.73. The van der Waals surface area contributed by atoms with Crippen LogP contribution in [0.4, 0.5) is 4.39 Å². The van der Waals surface area contributed by atoms with E-state index in [4.69, 9.17) is 4.74 Å². The second-order valence-electron chi connectivity index (χ2n) is 4.72. The minimum absolute atomic E-state index is 0.176. The van der Waals surface area contributed by atoms with E-state index in [1.165, 1.54) is 36.5 Å². The topological polar surface area (TPSA) is 85.4 Å². The van der Waals surface area contributed by atoms with Gasteiger partial charge in [0.2, 0.25) is 5.95 Å². The van der Waals surface area contributed by atoms with Gasteiger partial charge in [-0.2, -0.15) is 4.39 Å². The number of benzene rings is 1. The van der Waals surface area contributed by atoms with E-state index in [9.17, 15) is 17.6 Å². The molecule has 1 aromatic heterocycles. The Balaban J connectivity index is 1.80. The Bertz CT molecular complexity index is 791. The Morgan fingerprint density at radius 3 is 2.57 bits per heavy atom. The maximum atomic E-state index is 12.9. The Labute approximate surface area is 133 Å². The summed E-state index contributed by atoms with van der Waals surface area (Å²) in [7, 11) is -3.24. The zero-order valence-corrected chi connectivity index (χ0v) is 13.1. The monoisotopic (exact) mass is 338 g/mol. The molecule has 23 heavy (non-hydrogen) atoms. The van der Waals surface area contributed by atoms with E-state index in [0.717, 1.165) is 12.3 Å². The van der Waals surface area contributed by atoms with E-state index in [0.29, 0.717) is 5.75 Å². The lowest BCUT2D eigenvalue weighted by molar-refractivity contribution is 0.0946. The number of aromatic nitrogens is 1. The number of nitrogens with one attached hydrogen (secondary N) is 1. The number of amides is 1. The van der Waals surface area contributed by atoms with Gasteiger partial charge in [-0.3, -0.25) is 4.79 Å². The molecule has 0 saturated carbocycles. The number of halogens is 1. The first-order valence-corrected chi connectivity index (χ1v) is 8.58. The third-order valence-corrected chi connectivity index (χ3v) is 4.03. The molecule has 0 aliphatic rings. The molecule has 0 spiro atoms. The van der Waals surface area contributed by atoms with Gasteiger partial charge in [0.1, 0.15) is 12.4 Å². The number of sulfone groups is 1. The second kappa shape index (κ2) is 7.19. The van der Waals surface area contributed by atoms with Crippen LogP contribution >= 0.6 is 0 Å². The number of pyridine rings is 1. The number of hydrogen-bond acceptors (Lipinski definition) is 5. The van der Waals surface area contributed by atoms with Crippen molar-refractivity contribution in [3.63, 3.8) is 0 Å². The minimum atomic E-state index is -3.24. The lowest BCUT2D eigenvalue weighted by Crippen LogP contribution is -2.28. The van der Waals surface area contributed by atoms with Crippen LogP contribution in [0.2, 0.25) is 0 Å². The third kappa shape index (κ3) is 5.03. The first kappa shape index (κ1) is 16.9. The predicted octanol–water partition coefficient (Wildman–Crippen LogP) is 1.43. The van der Waals surface area contributed by atoms with Crippen LogP contribution in [-0.2, 0) is 9.84 Å². The van der Waals surface area contributed by atoms with Crippen LogP contribution in [0, 0.1) is 5.95 Å². The van der Waals surface area contributed by atoms with Crippen LogP contribution in [-0.4, -0.2) is 38.7 Å². The average Bonchev–Trinajstić information content (AvgIpc) is 2.51.